The van der Waals surface area contributed by atoms with Crippen LogP contribution in [-0.2, 0) is 4.79 Å². The number of aliphatic hydroxyl groups excluding tert-OH is 1. The topological polar surface area (TPSA) is 97.9 Å². The quantitative estimate of drug-likeness (QED) is 0.635. The maximum atomic E-state index is 13.1. The number of urea groups is 1. The molecule has 0 radical (unpaired) electrons. The molecule has 3 unspecified atom stereocenters. The lowest BCUT2D eigenvalue weighted by atomic mass is 10.0. The summed E-state index contributed by atoms with van der Waals surface area (Å²) in [6.45, 7) is 4.02. The van der Waals surface area contributed by atoms with Gasteiger partial charge in [-0.15, -0.1) is 0 Å². The summed E-state index contributed by atoms with van der Waals surface area (Å²) < 4.78 is 13.1. The van der Waals surface area contributed by atoms with Crippen molar-refractivity contribution in [2.75, 3.05) is 47.4 Å². The molecule has 3 aliphatic rings. The van der Waals surface area contributed by atoms with Crippen molar-refractivity contribution in [3.8, 4) is 11.5 Å². The normalized spacial score (nSPS) is 26.3. The average molecular weight is 459 g/mol. The van der Waals surface area contributed by atoms with Gasteiger partial charge in [0.15, 0.2) is 0 Å². The number of piperidine rings is 1. The third-order valence-electron chi connectivity index (χ3n) is 6.36. The molecule has 33 heavy (non-hydrogen) atoms. The SMILES string of the molecule is COc1ccc(OCC(O)CN2C(=[N+]3CCCC(C)C3)N=C3C2C(=O)N(C)C(=O)N3C)cc1. The second-order valence-electron chi connectivity index (χ2n) is 8.90. The van der Waals surface area contributed by atoms with Crippen LogP contribution in [0.25, 0.3) is 0 Å². The van der Waals surface area contributed by atoms with Crippen molar-refractivity contribution < 1.29 is 28.7 Å². The second-order valence-corrected chi connectivity index (χ2v) is 8.90. The Morgan fingerprint density at radius 1 is 1.18 bits per heavy atom. The first-order valence-electron chi connectivity index (χ1n) is 11.3. The van der Waals surface area contributed by atoms with E-state index >= 15 is 0 Å². The molecule has 2 fully saturated rings. The monoisotopic (exact) mass is 458 g/mol. The summed E-state index contributed by atoms with van der Waals surface area (Å²) in [4.78, 5) is 34.6. The molecular formula is C23H32N5O5+. The van der Waals surface area contributed by atoms with E-state index in [4.69, 9.17) is 14.5 Å². The van der Waals surface area contributed by atoms with Crippen molar-refractivity contribution in [2.24, 2.45) is 10.9 Å². The number of likely N-dealkylation sites (N-methyl/N-ethyl adjacent to an activating group) is 2. The molecule has 3 amide bonds. The van der Waals surface area contributed by atoms with Gasteiger partial charge in [-0.05, 0) is 43.0 Å². The first-order chi connectivity index (χ1) is 15.8. The minimum absolute atomic E-state index is 0.0490. The maximum Gasteiger partial charge on any atom is 0.392 e. The fourth-order valence-corrected chi connectivity index (χ4v) is 4.54. The van der Waals surface area contributed by atoms with Gasteiger partial charge < -0.3 is 14.6 Å². The van der Waals surface area contributed by atoms with Crippen molar-refractivity contribution in [1.29, 1.82) is 0 Å². The van der Waals surface area contributed by atoms with Crippen LogP contribution in [0.4, 0.5) is 4.79 Å². The van der Waals surface area contributed by atoms with Gasteiger partial charge >= 0.3 is 12.0 Å². The Balaban J connectivity index is 1.55. The van der Waals surface area contributed by atoms with Gasteiger partial charge in [0.2, 0.25) is 11.9 Å². The highest BCUT2D eigenvalue weighted by atomic mass is 16.5. The molecule has 0 aromatic heterocycles. The van der Waals surface area contributed by atoms with Gasteiger partial charge in [-0.25, -0.2) is 9.69 Å². The number of β-amino-alcohol motifs (C(OH)–C–C–N with tert-alkyl or cyclic N) is 1. The number of fused-ring (bicyclic) bond motifs is 1. The Kier molecular flexibility index (Phi) is 6.55. The number of amidine groups is 1. The van der Waals surface area contributed by atoms with E-state index in [0.29, 0.717) is 23.5 Å². The van der Waals surface area contributed by atoms with Gasteiger partial charge in [-0.1, -0.05) is 11.9 Å². The summed E-state index contributed by atoms with van der Waals surface area (Å²) in [5, 5.41) is 10.8. The van der Waals surface area contributed by atoms with Crippen LogP contribution in [-0.4, -0.2) is 108 Å². The summed E-state index contributed by atoms with van der Waals surface area (Å²) in [6.07, 6.45) is 1.29. The van der Waals surface area contributed by atoms with Crippen LogP contribution in [0.5, 0.6) is 11.5 Å². The van der Waals surface area contributed by atoms with Crippen LogP contribution in [0.2, 0.25) is 0 Å². The Hall–Kier alpha value is -3.14. The van der Waals surface area contributed by atoms with Crippen molar-refractivity contribution in [1.82, 2.24) is 14.7 Å². The van der Waals surface area contributed by atoms with Crippen LogP contribution in [0.1, 0.15) is 19.8 Å². The number of guanidine groups is 1. The number of hydrogen-bond acceptors (Lipinski definition) is 5. The lowest BCUT2D eigenvalue weighted by molar-refractivity contribution is -0.550. The summed E-state index contributed by atoms with van der Waals surface area (Å²) in [5.41, 5.74) is 0. The summed E-state index contributed by atoms with van der Waals surface area (Å²) in [7, 11) is 4.69. The van der Waals surface area contributed by atoms with Crippen LogP contribution >= 0.6 is 0 Å². The number of benzene rings is 1. The van der Waals surface area contributed by atoms with E-state index in [0.717, 1.165) is 36.6 Å². The van der Waals surface area contributed by atoms with E-state index in [1.165, 1.54) is 11.9 Å². The van der Waals surface area contributed by atoms with Crippen molar-refractivity contribution in [2.45, 2.75) is 31.9 Å². The zero-order chi connectivity index (χ0) is 23.7. The third-order valence-corrected chi connectivity index (χ3v) is 6.36. The molecule has 0 spiro atoms. The highest BCUT2D eigenvalue weighted by Gasteiger charge is 2.55. The number of imide groups is 1. The largest absolute Gasteiger partial charge is 0.497 e. The number of carbonyl (C=O) groups excluding carboxylic acids is 2. The molecule has 3 atom stereocenters. The molecule has 178 valence electrons. The van der Waals surface area contributed by atoms with Crippen LogP contribution in [0, 0.1) is 5.92 Å². The van der Waals surface area contributed by atoms with E-state index in [1.54, 1.807) is 38.4 Å². The molecule has 10 heteroatoms. The number of rotatable bonds is 6. The van der Waals surface area contributed by atoms with Gasteiger partial charge in [0.1, 0.15) is 24.2 Å². The minimum Gasteiger partial charge on any atom is -0.497 e. The molecule has 0 aliphatic carbocycles. The number of aliphatic imine (C=N–C) groups is 1. The maximum absolute atomic E-state index is 13.1. The van der Waals surface area contributed by atoms with Crippen LogP contribution in [0.3, 0.4) is 0 Å². The van der Waals surface area contributed by atoms with Crippen LogP contribution in [0.15, 0.2) is 29.3 Å². The van der Waals surface area contributed by atoms with Crippen molar-refractivity contribution >= 4 is 23.7 Å². The molecule has 1 aromatic carbocycles. The fraction of sp³-hybridized carbons (Fsp3) is 0.565. The molecule has 2 saturated heterocycles. The van der Waals surface area contributed by atoms with Crippen molar-refractivity contribution in [3.63, 3.8) is 0 Å². The molecule has 10 nitrogen and oxygen atoms in total. The summed E-state index contributed by atoms with van der Waals surface area (Å²) in [5.74, 6) is 2.52. The second kappa shape index (κ2) is 9.38. The first kappa shape index (κ1) is 23.0. The smallest absolute Gasteiger partial charge is 0.392 e. The fourth-order valence-electron chi connectivity index (χ4n) is 4.54. The van der Waals surface area contributed by atoms with Gasteiger partial charge in [0.25, 0.3) is 5.91 Å². The van der Waals surface area contributed by atoms with E-state index in [2.05, 4.69) is 11.5 Å². The Bertz CT molecular complexity index is 976. The molecule has 0 saturated carbocycles. The predicted molar refractivity (Wildman–Crippen MR) is 122 cm³/mol. The number of methoxy groups -OCH3 is 1. The van der Waals surface area contributed by atoms with Crippen LogP contribution < -0.4 is 9.47 Å². The van der Waals surface area contributed by atoms with Gasteiger partial charge in [0.05, 0.1) is 26.7 Å². The molecule has 3 heterocycles. The third kappa shape index (κ3) is 4.52. The molecular weight excluding hydrogens is 426 g/mol. The number of ether oxygens (including phenoxy) is 2. The van der Waals surface area contributed by atoms with E-state index < -0.39 is 18.2 Å². The molecule has 1 aromatic rings. The van der Waals surface area contributed by atoms with E-state index in [9.17, 15) is 14.7 Å². The molecule has 3 aliphatic heterocycles. The lowest BCUT2D eigenvalue weighted by Crippen LogP contribution is -2.63. The minimum atomic E-state index is -0.875. The number of hydrogen-bond donors (Lipinski definition) is 1. The number of carbonyl (C=O) groups is 2. The zero-order valence-electron chi connectivity index (χ0n) is 19.6. The first-order valence-corrected chi connectivity index (χ1v) is 11.3. The summed E-state index contributed by atoms with van der Waals surface area (Å²) in [6, 6.07) is 5.96. The highest BCUT2D eigenvalue weighted by Crippen LogP contribution is 2.25. The average Bonchev–Trinajstić information content (AvgIpc) is 3.19. The number of aliphatic hydroxyl groups is 1. The number of amides is 3. The Morgan fingerprint density at radius 3 is 2.55 bits per heavy atom. The Morgan fingerprint density at radius 2 is 1.88 bits per heavy atom. The highest BCUT2D eigenvalue weighted by molar-refractivity contribution is 6.25. The summed E-state index contributed by atoms with van der Waals surface area (Å²) >= 11 is 0. The Labute approximate surface area is 193 Å². The van der Waals surface area contributed by atoms with Gasteiger partial charge in [0, 0.05) is 14.1 Å². The number of nitrogens with zero attached hydrogens (tertiary/aromatic N) is 5. The van der Waals surface area contributed by atoms with Gasteiger partial charge in [-0.2, -0.15) is 0 Å². The molecule has 0 bridgehead atoms. The van der Waals surface area contributed by atoms with E-state index in [-0.39, 0.29) is 19.1 Å². The zero-order valence-corrected chi connectivity index (χ0v) is 19.6. The lowest BCUT2D eigenvalue weighted by Gasteiger charge is -2.34. The van der Waals surface area contributed by atoms with Gasteiger partial charge in [-0.3, -0.25) is 19.2 Å². The standard InChI is InChI=1S/C23H32N5O5/c1-15-6-5-11-27(12-15)22-24-20-19(21(30)26(3)23(31)25(20)2)28(22)13-16(29)14-33-18-9-7-17(32-4)8-10-18/h7-10,15-16,19,29H,5-6,11-14H2,1-4H3/q+1. The van der Waals surface area contributed by atoms with E-state index in [1.807, 2.05) is 4.90 Å². The predicted octanol–water partition coefficient (Wildman–Crippen LogP) is 0.840. The molecule has 1 N–H and O–H groups in total. The van der Waals surface area contributed by atoms with Crippen molar-refractivity contribution in [3.05, 3.63) is 24.3 Å². The molecule has 4 rings (SSSR count).